The summed E-state index contributed by atoms with van der Waals surface area (Å²) in [6, 6.07) is 11.9. The van der Waals surface area contributed by atoms with E-state index in [1.165, 1.54) is 0 Å². The van der Waals surface area contributed by atoms with Crippen molar-refractivity contribution < 1.29 is 14.3 Å². The third-order valence-electron chi connectivity index (χ3n) is 4.54. The van der Waals surface area contributed by atoms with Gasteiger partial charge in [0.15, 0.2) is 5.78 Å². The van der Waals surface area contributed by atoms with Gasteiger partial charge in [-0.1, -0.05) is 24.3 Å². The molecule has 3 nitrogen and oxygen atoms in total. The normalized spacial score (nSPS) is 17.4. The van der Waals surface area contributed by atoms with E-state index in [2.05, 4.69) is 45.2 Å². The van der Waals surface area contributed by atoms with E-state index in [-0.39, 0.29) is 5.78 Å². The highest BCUT2D eigenvalue weighted by Crippen LogP contribution is 2.34. The summed E-state index contributed by atoms with van der Waals surface area (Å²) in [7, 11) is 3.33. The van der Waals surface area contributed by atoms with Gasteiger partial charge in [-0.3, -0.25) is 4.79 Å². The fourth-order valence-corrected chi connectivity index (χ4v) is 4.74. The van der Waals surface area contributed by atoms with Crippen LogP contribution >= 0.6 is 45.2 Å². The zero-order valence-electron chi connectivity index (χ0n) is 15.2. The summed E-state index contributed by atoms with van der Waals surface area (Å²) in [5.74, 6) is 1.74. The number of rotatable bonds is 4. The molecule has 1 saturated carbocycles. The van der Waals surface area contributed by atoms with Gasteiger partial charge in [0.1, 0.15) is 11.5 Å². The smallest absolute Gasteiger partial charge is 0.185 e. The van der Waals surface area contributed by atoms with Gasteiger partial charge in [-0.15, -0.1) is 0 Å². The van der Waals surface area contributed by atoms with Crippen LogP contribution in [0.1, 0.15) is 30.4 Å². The predicted octanol–water partition coefficient (Wildman–Crippen LogP) is 6.13. The number of hydrogen-bond acceptors (Lipinski definition) is 3. The van der Waals surface area contributed by atoms with Crippen molar-refractivity contribution in [2.24, 2.45) is 0 Å². The molecule has 3 rings (SSSR count). The van der Waals surface area contributed by atoms with Gasteiger partial charge in [0.25, 0.3) is 0 Å². The molecule has 5 heteroatoms. The first-order valence-corrected chi connectivity index (χ1v) is 10.8. The predicted molar refractivity (Wildman–Crippen MR) is 126 cm³/mol. The van der Waals surface area contributed by atoms with Gasteiger partial charge in [0, 0.05) is 22.3 Å². The van der Waals surface area contributed by atoms with E-state index in [1.54, 1.807) is 14.2 Å². The molecule has 0 radical (unpaired) electrons. The number of allylic oxidation sites excluding steroid dienone is 2. The molecule has 0 aliphatic heterocycles. The summed E-state index contributed by atoms with van der Waals surface area (Å²) in [5, 5.41) is 0. The Labute approximate surface area is 187 Å². The quantitative estimate of drug-likeness (QED) is 0.320. The summed E-state index contributed by atoms with van der Waals surface area (Å²) in [6.45, 7) is 0. The van der Waals surface area contributed by atoms with Crippen LogP contribution in [0, 0.1) is 7.14 Å². The standard InChI is InChI=1S/C22H20I2O3/c1-26-21-16(8-4-10-18(21)23)12-14-6-3-7-15(20(14)25)13-17-9-5-11-19(24)22(17)27-2/h4-5,8-13H,3,6-7H2,1-2H3/b14-12+,15-13+. The lowest BCUT2D eigenvalue weighted by atomic mass is 9.86. The van der Waals surface area contributed by atoms with Crippen LogP contribution in [0.3, 0.4) is 0 Å². The van der Waals surface area contributed by atoms with E-state index in [0.29, 0.717) is 0 Å². The van der Waals surface area contributed by atoms with Crippen molar-refractivity contribution in [1.82, 2.24) is 0 Å². The summed E-state index contributed by atoms with van der Waals surface area (Å²) in [4.78, 5) is 13.1. The van der Waals surface area contributed by atoms with Crippen molar-refractivity contribution in [3.05, 3.63) is 65.8 Å². The number of halogens is 2. The fraction of sp³-hybridized carbons (Fsp3) is 0.227. The van der Waals surface area contributed by atoms with Crippen LogP contribution in [0.15, 0.2) is 47.5 Å². The maximum absolute atomic E-state index is 13.1. The lowest BCUT2D eigenvalue weighted by molar-refractivity contribution is -0.112. The van der Waals surface area contributed by atoms with E-state index >= 15 is 0 Å². The second-order valence-electron chi connectivity index (χ2n) is 6.25. The molecule has 140 valence electrons. The molecule has 0 atom stereocenters. The number of carbonyl (C=O) groups is 1. The van der Waals surface area contributed by atoms with Crippen LogP contribution in [0.4, 0.5) is 0 Å². The van der Waals surface area contributed by atoms with Crippen molar-refractivity contribution in [2.75, 3.05) is 14.2 Å². The Bertz CT molecular complexity index is 856. The maximum Gasteiger partial charge on any atom is 0.185 e. The average molecular weight is 586 g/mol. The number of hydrogen-bond donors (Lipinski definition) is 0. The SMILES string of the molecule is COc1c(I)cccc1/C=C1\CCC/C(=C\c2cccc(I)c2OC)C1=O. The highest BCUT2D eigenvalue weighted by molar-refractivity contribution is 14.1. The Hall–Kier alpha value is -1.35. The van der Waals surface area contributed by atoms with Crippen LogP contribution < -0.4 is 9.47 Å². The minimum atomic E-state index is 0.114. The van der Waals surface area contributed by atoms with Gasteiger partial charge in [0.05, 0.1) is 21.4 Å². The fourth-order valence-electron chi connectivity index (χ4n) is 3.26. The molecule has 27 heavy (non-hydrogen) atoms. The van der Waals surface area contributed by atoms with E-state index in [9.17, 15) is 4.79 Å². The van der Waals surface area contributed by atoms with Crippen LogP contribution in [0.25, 0.3) is 12.2 Å². The Balaban J connectivity index is 1.98. The van der Waals surface area contributed by atoms with Gasteiger partial charge < -0.3 is 9.47 Å². The highest BCUT2D eigenvalue weighted by atomic mass is 127. The summed E-state index contributed by atoms with van der Waals surface area (Å²) in [6.07, 6.45) is 6.48. The molecular weight excluding hydrogens is 566 g/mol. The molecule has 0 saturated heterocycles. The summed E-state index contributed by atoms with van der Waals surface area (Å²) >= 11 is 4.50. The van der Waals surface area contributed by atoms with Gasteiger partial charge in [0.2, 0.25) is 0 Å². The number of Topliss-reactive ketones (excluding diaryl/α,β-unsaturated/α-hetero) is 1. The van der Waals surface area contributed by atoms with Gasteiger partial charge in [-0.2, -0.15) is 0 Å². The molecule has 0 unspecified atom stereocenters. The van der Waals surface area contributed by atoms with E-state index < -0.39 is 0 Å². The van der Waals surface area contributed by atoms with Crippen LogP contribution in [-0.2, 0) is 4.79 Å². The average Bonchev–Trinajstić information content (AvgIpc) is 2.65. The Morgan fingerprint density at radius 1 is 0.815 bits per heavy atom. The largest absolute Gasteiger partial charge is 0.495 e. The molecule has 0 N–H and O–H groups in total. The topological polar surface area (TPSA) is 35.5 Å². The number of para-hydroxylation sites is 2. The van der Waals surface area contributed by atoms with Gasteiger partial charge in [-0.05, 0) is 88.7 Å². The Kier molecular flexibility index (Phi) is 6.97. The molecule has 0 aromatic heterocycles. The summed E-state index contributed by atoms with van der Waals surface area (Å²) in [5.41, 5.74) is 3.55. The molecule has 1 aliphatic carbocycles. The molecule has 2 aromatic rings. The van der Waals surface area contributed by atoms with E-state index in [1.807, 2.05) is 48.6 Å². The molecule has 1 aliphatic rings. The lowest BCUT2D eigenvalue weighted by Gasteiger charge is -2.18. The number of ketones is 1. The molecule has 0 amide bonds. The number of benzene rings is 2. The highest BCUT2D eigenvalue weighted by Gasteiger charge is 2.22. The van der Waals surface area contributed by atoms with Crippen molar-refractivity contribution in [3.8, 4) is 11.5 Å². The first kappa shape index (κ1) is 20.4. The molecule has 2 aromatic carbocycles. The minimum Gasteiger partial charge on any atom is -0.495 e. The minimum absolute atomic E-state index is 0.114. The van der Waals surface area contributed by atoms with E-state index in [0.717, 1.165) is 60.2 Å². The van der Waals surface area contributed by atoms with Crippen molar-refractivity contribution in [1.29, 1.82) is 0 Å². The van der Waals surface area contributed by atoms with Crippen molar-refractivity contribution in [3.63, 3.8) is 0 Å². The van der Waals surface area contributed by atoms with Crippen LogP contribution in [0.5, 0.6) is 11.5 Å². The third kappa shape index (κ3) is 4.56. The Morgan fingerprint density at radius 2 is 1.26 bits per heavy atom. The number of ether oxygens (including phenoxy) is 2. The first-order chi connectivity index (χ1) is 13.0. The molecule has 0 spiro atoms. The maximum atomic E-state index is 13.1. The molecular formula is C22H20I2O3. The number of carbonyl (C=O) groups excluding carboxylic acids is 1. The summed E-state index contributed by atoms with van der Waals surface area (Å²) < 4.78 is 13.1. The van der Waals surface area contributed by atoms with E-state index in [4.69, 9.17) is 9.47 Å². The van der Waals surface area contributed by atoms with Gasteiger partial charge in [-0.25, -0.2) is 0 Å². The van der Waals surface area contributed by atoms with Crippen LogP contribution in [-0.4, -0.2) is 20.0 Å². The zero-order chi connectivity index (χ0) is 19.4. The Morgan fingerprint density at radius 3 is 1.67 bits per heavy atom. The zero-order valence-corrected chi connectivity index (χ0v) is 19.5. The van der Waals surface area contributed by atoms with Crippen molar-refractivity contribution >= 4 is 63.1 Å². The first-order valence-electron chi connectivity index (χ1n) is 8.66. The molecule has 1 fully saturated rings. The monoisotopic (exact) mass is 586 g/mol. The second kappa shape index (κ2) is 9.23. The molecule has 0 heterocycles. The number of methoxy groups -OCH3 is 2. The van der Waals surface area contributed by atoms with Crippen molar-refractivity contribution in [2.45, 2.75) is 19.3 Å². The van der Waals surface area contributed by atoms with Gasteiger partial charge >= 0.3 is 0 Å². The lowest BCUT2D eigenvalue weighted by Crippen LogP contribution is -2.12. The molecule has 0 bridgehead atoms. The van der Waals surface area contributed by atoms with Crippen LogP contribution in [0.2, 0.25) is 0 Å². The second-order valence-corrected chi connectivity index (χ2v) is 8.57. The third-order valence-corrected chi connectivity index (χ3v) is 6.24.